The molecule has 1 atom stereocenters. The zero-order valence-electron chi connectivity index (χ0n) is 7.66. The van der Waals surface area contributed by atoms with Crippen LogP contribution in [0.2, 0.25) is 0 Å². The maximum Gasteiger partial charge on any atom is 0.249 e. The molecular formula is C7H16N2O3S. The van der Waals surface area contributed by atoms with Gasteiger partial charge >= 0.3 is 0 Å². The van der Waals surface area contributed by atoms with E-state index in [-0.39, 0.29) is 17.8 Å². The van der Waals surface area contributed by atoms with E-state index >= 15 is 0 Å². The minimum Gasteiger partial charge on any atom is -0.396 e. The van der Waals surface area contributed by atoms with E-state index in [1.807, 2.05) is 0 Å². The van der Waals surface area contributed by atoms with Gasteiger partial charge in [-0.3, -0.25) is 10.2 Å². The second-order valence-corrected chi connectivity index (χ2v) is 3.71. The van der Waals surface area contributed by atoms with Crippen LogP contribution in [-0.2, 0) is 9.53 Å². The summed E-state index contributed by atoms with van der Waals surface area (Å²) in [6.07, 6.45) is 0.669. The molecule has 0 spiro atoms. The largest absolute Gasteiger partial charge is 0.396 e. The molecule has 0 fully saturated rings. The van der Waals surface area contributed by atoms with Gasteiger partial charge in [0.25, 0.3) is 0 Å². The summed E-state index contributed by atoms with van der Waals surface area (Å²) in [5, 5.41) is 8.24. The first-order valence-corrected chi connectivity index (χ1v) is 5.03. The van der Waals surface area contributed by atoms with Crippen LogP contribution < -0.4 is 11.3 Å². The summed E-state index contributed by atoms with van der Waals surface area (Å²) in [4.78, 5) is 11.1. The van der Waals surface area contributed by atoms with Crippen LogP contribution in [0, 0.1) is 0 Å². The molecule has 0 aromatic carbocycles. The van der Waals surface area contributed by atoms with E-state index in [4.69, 9.17) is 15.7 Å². The molecule has 0 aliphatic carbocycles. The van der Waals surface area contributed by atoms with E-state index in [0.29, 0.717) is 13.0 Å². The first kappa shape index (κ1) is 12.7. The lowest BCUT2D eigenvalue weighted by atomic mass is 10.4. The fourth-order valence-corrected chi connectivity index (χ4v) is 1.77. The molecule has 1 unspecified atom stereocenters. The topological polar surface area (TPSA) is 84.6 Å². The number of amides is 1. The Morgan fingerprint density at radius 3 is 2.92 bits per heavy atom. The highest BCUT2D eigenvalue weighted by molar-refractivity contribution is 8.00. The van der Waals surface area contributed by atoms with Crippen molar-refractivity contribution in [1.82, 2.24) is 5.43 Å². The van der Waals surface area contributed by atoms with Crippen molar-refractivity contribution < 1.29 is 14.6 Å². The Morgan fingerprint density at radius 2 is 2.46 bits per heavy atom. The summed E-state index contributed by atoms with van der Waals surface area (Å²) < 4.78 is 4.86. The number of nitrogens with two attached hydrogens (primary N) is 1. The van der Waals surface area contributed by atoms with E-state index < -0.39 is 0 Å². The zero-order chi connectivity index (χ0) is 10.1. The van der Waals surface area contributed by atoms with E-state index in [9.17, 15) is 4.79 Å². The van der Waals surface area contributed by atoms with E-state index in [1.165, 1.54) is 18.9 Å². The van der Waals surface area contributed by atoms with Crippen LogP contribution in [0.1, 0.15) is 6.42 Å². The van der Waals surface area contributed by atoms with Crippen molar-refractivity contribution in [3.63, 3.8) is 0 Å². The number of hydrazine groups is 1. The van der Waals surface area contributed by atoms with Gasteiger partial charge in [-0.15, -0.1) is 11.8 Å². The van der Waals surface area contributed by atoms with Gasteiger partial charge in [0.15, 0.2) is 0 Å². The highest BCUT2D eigenvalue weighted by Gasteiger charge is 2.16. The summed E-state index contributed by atoms with van der Waals surface area (Å²) >= 11 is 1.43. The van der Waals surface area contributed by atoms with Crippen molar-refractivity contribution in [2.45, 2.75) is 11.7 Å². The third kappa shape index (κ3) is 5.87. The first-order valence-electron chi connectivity index (χ1n) is 3.98. The average Bonchev–Trinajstić information content (AvgIpc) is 2.16. The monoisotopic (exact) mass is 208 g/mol. The average molecular weight is 208 g/mol. The molecule has 0 aromatic rings. The molecule has 0 heterocycles. The second-order valence-electron chi connectivity index (χ2n) is 2.40. The molecule has 1 amide bonds. The number of carbonyl (C=O) groups excluding carboxylic acids is 1. The summed E-state index contributed by atoms with van der Waals surface area (Å²) in [5.41, 5.74) is 2.07. The molecule has 0 saturated heterocycles. The van der Waals surface area contributed by atoms with Crippen LogP contribution >= 0.6 is 11.8 Å². The van der Waals surface area contributed by atoms with Gasteiger partial charge in [0.1, 0.15) is 5.25 Å². The van der Waals surface area contributed by atoms with Crippen LogP contribution in [0.5, 0.6) is 0 Å². The van der Waals surface area contributed by atoms with E-state index in [0.717, 1.165) is 5.75 Å². The lowest BCUT2D eigenvalue weighted by Crippen LogP contribution is -2.39. The third-order valence-corrected chi connectivity index (χ3v) is 2.65. The lowest BCUT2D eigenvalue weighted by Gasteiger charge is -2.12. The third-order valence-electron chi connectivity index (χ3n) is 1.37. The van der Waals surface area contributed by atoms with E-state index in [1.54, 1.807) is 0 Å². The smallest absolute Gasteiger partial charge is 0.249 e. The van der Waals surface area contributed by atoms with Gasteiger partial charge in [-0.25, -0.2) is 5.84 Å². The van der Waals surface area contributed by atoms with Crippen LogP contribution in [0.15, 0.2) is 0 Å². The van der Waals surface area contributed by atoms with Gasteiger partial charge < -0.3 is 9.84 Å². The number of aliphatic hydroxyl groups excluding tert-OH is 1. The van der Waals surface area contributed by atoms with Crippen LogP contribution in [0.25, 0.3) is 0 Å². The van der Waals surface area contributed by atoms with Crippen molar-refractivity contribution in [1.29, 1.82) is 0 Å². The summed E-state index contributed by atoms with van der Waals surface area (Å²) in [7, 11) is 1.53. The molecule has 0 bridgehead atoms. The Hall–Kier alpha value is -0.300. The van der Waals surface area contributed by atoms with E-state index in [2.05, 4.69) is 5.43 Å². The first-order chi connectivity index (χ1) is 6.26. The molecule has 13 heavy (non-hydrogen) atoms. The maximum atomic E-state index is 11.1. The molecule has 0 aliphatic heterocycles. The van der Waals surface area contributed by atoms with Crippen molar-refractivity contribution in [2.75, 3.05) is 26.1 Å². The summed E-state index contributed by atoms with van der Waals surface area (Å²) in [6.45, 7) is 0.468. The highest BCUT2D eigenvalue weighted by atomic mass is 32.2. The second kappa shape index (κ2) is 8.31. The predicted molar refractivity (Wildman–Crippen MR) is 52.2 cm³/mol. The molecule has 78 valence electrons. The van der Waals surface area contributed by atoms with Gasteiger partial charge in [0.05, 0.1) is 6.61 Å². The Bertz CT molecular complexity index is 146. The highest BCUT2D eigenvalue weighted by Crippen LogP contribution is 2.12. The number of rotatable bonds is 7. The number of hydrogen-bond donors (Lipinski definition) is 3. The SMILES string of the molecule is COCC(SCCCO)C(=O)NN. The Morgan fingerprint density at radius 1 is 1.77 bits per heavy atom. The van der Waals surface area contributed by atoms with Crippen molar-refractivity contribution in [2.24, 2.45) is 5.84 Å². The number of nitrogens with one attached hydrogen (secondary N) is 1. The molecule has 5 nitrogen and oxygen atoms in total. The number of methoxy groups -OCH3 is 1. The minimum atomic E-state index is -0.290. The zero-order valence-corrected chi connectivity index (χ0v) is 8.47. The van der Waals surface area contributed by atoms with Crippen LogP contribution in [-0.4, -0.2) is 42.3 Å². The molecule has 4 N–H and O–H groups in total. The van der Waals surface area contributed by atoms with Crippen molar-refractivity contribution >= 4 is 17.7 Å². The fourth-order valence-electron chi connectivity index (χ4n) is 0.734. The Balaban J connectivity index is 3.73. The molecule has 0 aromatic heterocycles. The number of carbonyl (C=O) groups is 1. The molecule has 0 saturated carbocycles. The molecule has 0 rings (SSSR count). The Kier molecular flexibility index (Phi) is 8.11. The summed E-state index contributed by atoms with van der Waals surface area (Å²) in [5.74, 6) is 5.46. The van der Waals surface area contributed by atoms with Gasteiger partial charge in [-0.05, 0) is 12.2 Å². The lowest BCUT2D eigenvalue weighted by molar-refractivity contribution is -0.121. The van der Waals surface area contributed by atoms with Gasteiger partial charge in [0, 0.05) is 13.7 Å². The van der Waals surface area contributed by atoms with Gasteiger partial charge in [-0.2, -0.15) is 0 Å². The van der Waals surface area contributed by atoms with Crippen molar-refractivity contribution in [3.8, 4) is 0 Å². The maximum absolute atomic E-state index is 11.1. The van der Waals surface area contributed by atoms with Gasteiger partial charge in [0.2, 0.25) is 5.91 Å². The Labute approximate surface area is 82.0 Å². The number of hydrogen-bond acceptors (Lipinski definition) is 5. The molecule has 6 heteroatoms. The number of thioether (sulfide) groups is 1. The van der Waals surface area contributed by atoms with Crippen molar-refractivity contribution in [3.05, 3.63) is 0 Å². The summed E-state index contributed by atoms with van der Waals surface area (Å²) in [6, 6.07) is 0. The van der Waals surface area contributed by atoms with Crippen LogP contribution in [0.3, 0.4) is 0 Å². The minimum absolute atomic E-state index is 0.136. The van der Waals surface area contributed by atoms with Crippen LogP contribution in [0.4, 0.5) is 0 Å². The molecule has 0 aliphatic rings. The van der Waals surface area contributed by atoms with Gasteiger partial charge in [-0.1, -0.05) is 0 Å². The molecule has 0 radical (unpaired) electrons. The normalized spacial score (nSPS) is 12.5. The molecular weight excluding hydrogens is 192 g/mol. The number of aliphatic hydroxyl groups is 1. The quantitative estimate of drug-likeness (QED) is 0.219. The standard InChI is InChI=1S/C7H16N2O3S/c1-12-5-6(7(11)9-8)13-4-2-3-10/h6,10H,2-5,8H2,1H3,(H,9,11). The predicted octanol–water partition coefficient (Wildman–Crippen LogP) is -0.893. The fraction of sp³-hybridized carbons (Fsp3) is 0.857. The number of ether oxygens (including phenoxy) is 1.